The minimum absolute atomic E-state index is 0.705. The van der Waals surface area contributed by atoms with Crippen molar-refractivity contribution in [3.05, 3.63) is 28.8 Å². The third-order valence-corrected chi connectivity index (χ3v) is 4.45. The molecule has 1 unspecified atom stereocenters. The quantitative estimate of drug-likeness (QED) is 0.861. The average Bonchev–Trinajstić information content (AvgIpc) is 2.96. The van der Waals surface area contributed by atoms with Gasteiger partial charge in [-0.3, -0.25) is 0 Å². The van der Waals surface area contributed by atoms with Gasteiger partial charge in [-0.05, 0) is 43.0 Å². The molecular formula is C13H16N2S. The van der Waals surface area contributed by atoms with Crippen LogP contribution in [-0.4, -0.2) is 18.1 Å². The Morgan fingerprint density at radius 3 is 3.19 bits per heavy atom. The van der Waals surface area contributed by atoms with Crippen LogP contribution >= 0.6 is 11.3 Å². The second kappa shape index (κ2) is 4.15. The molecular weight excluding hydrogens is 216 g/mol. The zero-order valence-corrected chi connectivity index (χ0v) is 10.3. The SMILES string of the molecule is CCc1nc2ccc(C3CCNC3)cc2s1. The number of fused-ring (bicyclic) bond motifs is 1. The van der Waals surface area contributed by atoms with Gasteiger partial charge in [0.2, 0.25) is 0 Å². The largest absolute Gasteiger partial charge is 0.316 e. The Balaban J connectivity index is 2.00. The molecule has 1 saturated heterocycles. The Kier molecular flexibility index (Phi) is 2.65. The number of aromatic nitrogens is 1. The summed E-state index contributed by atoms with van der Waals surface area (Å²) in [6.45, 7) is 4.45. The molecule has 2 heterocycles. The molecule has 3 heteroatoms. The Bertz CT molecular complexity index is 498. The van der Waals surface area contributed by atoms with E-state index >= 15 is 0 Å². The van der Waals surface area contributed by atoms with Gasteiger partial charge in [-0.1, -0.05) is 13.0 Å². The molecule has 1 aliphatic heterocycles. The second-order valence-electron chi connectivity index (χ2n) is 4.38. The van der Waals surface area contributed by atoms with Gasteiger partial charge in [0.1, 0.15) is 0 Å². The first-order valence-electron chi connectivity index (χ1n) is 5.97. The van der Waals surface area contributed by atoms with Crippen LogP contribution in [0.15, 0.2) is 18.2 Å². The van der Waals surface area contributed by atoms with Gasteiger partial charge in [0.05, 0.1) is 15.2 Å². The lowest BCUT2D eigenvalue weighted by Crippen LogP contribution is -2.07. The summed E-state index contributed by atoms with van der Waals surface area (Å²) in [7, 11) is 0. The van der Waals surface area contributed by atoms with E-state index in [1.54, 1.807) is 0 Å². The summed E-state index contributed by atoms with van der Waals surface area (Å²) in [4.78, 5) is 4.60. The fraction of sp³-hybridized carbons (Fsp3) is 0.462. The van der Waals surface area contributed by atoms with E-state index in [1.807, 2.05) is 11.3 Å². The van der Waals surface area contributed by atoms with Gasteiger partial charge in [-0.15, -0.1) is 11.3 Å². The fourth-order valence-electron chi connectivity index (χ4n) is 2.33. The number of nitrogens with zero attached hydrogens (tertiary/aromatic N) is 1. The van der Waals surface area contributed by atoms with E-state index in [2.05, 4.69) is 35.4 Å². The molecule has 1 aromatic heterocycles. The van der Waals surface area contributed by atoms with Crippen molar-refractivity contribution < 1.29 is 0 Å². The summed E-state index contributed by atoms with van der Waals surface area (Å²) < 4.78 is 1.35. The van der Waals surface area contributed by atoms with Crippen LogP contribution in [-0.2, 0) is 6.42 Å². The number of rotatable bonds is 2. The molecule has 2 aromatic rings. The van der Waals surface area contributed by atoms with Gasteiger partial charge in [0.25, 0.3) is 0 Å². The summed E-state index contributed by atoms with van der Waals surface area (Å²) in [6.07, 6.45) is 2.31. The van der Waals surface area contributed by atoms with Crippen LogP contribution in [0.25, 0.3) is 10.2 Å². The van der Waals surface area contributed by atoms with Crippen LogP contribution in [0.2, 0.25) is 0 Å². The molecule has 84 valence electrons. The number of nitrogens with one attached hydrogen (secondary N) is 1. The van der Waals surface area contributed by atoms with E-state index in [1.165, 1.54) is 21.7 Å². The minimum Gasteiger partial charge on any atom is -0.316 e. The molecule has 3 rings (SSSR count). The van der Waals surface area contributed by atoms with Crippen molar-refractivity contribution in [2.24, 2.45) is 0 Å². The van der Waals surface area contributed by atoms with Crippen LogP contribution in [0.5, 0.6) is 0 Å². The predicted octanol–water partition coefficient (Wildman–Crippen LogP) is 2.94. The molecule has 0 spiro atoms. The van der Waals surface area contributed by atoms with Crippen molar-refractivity contribution in [3.8, 4) is 0 Å². The maximum absolute atomic E-state index is 4.60. The maximum Gasteiger partial charge on any atom is 0.0935 e. The van der Waals surface area contributed by atoms with Gasteiger partial charge in [-0.25, -0.2) is 4.98 Å². The summed E-state index contributed by atoms with van der Waals surface area (Å²) in [5.74, 6) is 0.705. The van der Waals surface area contributed by atoms with Crippen LogP contribution in [0.4, 0.5) is 0 Å². The molecule has 0 aliphatic carbocycles. The van der Waals surface area contributed by atoms with E-state index in [-0.39, 0.29) is 0 Å². The number of hydrogen-bond donors (Lipinski definition) is 1. The summed E-state index contributed by atoms with van der Waals surface area (Å²) in [6, 6.07) is 6.77. The molecule has 0 saturated carbocycles. The number of aryl methyl sites for hydroxylation is 1. The van der Waals surface area contributed by atoms with Crippen LogP contribution in [0.3, 0.4) is 0 Å². The summed E-state index contributed by atoms with van der Waals surface area (Å²) in [5, 5.41) is 4.67. The molecule has 0 radical (unpaired) electrons. The molecule has 1 aromatic carbocycles. The minimum atomic E-state index is 0.705. The first kappa shape index (κ1) is 10.2. The van der Waals surface area contributed by atoms with E-state index < -0.39 is 0 Å². The van der Waals surface area contributed by atoms with E-state index in [0.717, 1.165) is 25.0 Å². The lowest BCUT2D eigenvalue weighted by molar-refractivity contribution is 0.765. The van der Waals surface area contributed by atoms with Gasteiger partial charge in [0, 0.05) is 6.54 Å². The lowest BCUT2D eigenvalue weighted by Gasteiger charge is -2.07. The highest BCUT2D eigenvalue weighted by atomic mass is 32.1. The highest BCUT2D eigenvalue weighted by molar-refractivity contribution is 7.18. The highest BCUT2D eigenvalue weighted by Crippen LogP contribution is 2.29. The van der Waals surface area contributed by atoms with Crippen LogP contribution in [0, 0.1) is 0 Å². The zero-order chi connectivity index (χ0) is 11.0. The molecule has 1 atom stereocenters. The predicted molar refractivity (Wildman–Crippen MR) is 69.2 cm³/mol. The number of thiazole rings is 1. The second-order valence-corrected chi connectivity index (χ2v) is 5.49. The Morgan fingerprint density at radius 2 is 2.44 bits per heavy atom. The van der Waals surface area contributed by atoms with Gasteiger partial charge >= 0.3 is 0 Å². The Labute approximate surface area is 99.7 Å². The molecule has 1 N–H and O–H groups in total. The van der Waals surface area contributed by atoms with Crippen LogP contribution < -0.4 is 5.32 Å². The Hall–Kier alpha value is -0.930. The van der Waals surface area contributed by atoms with Gasteiger partial charge < -0.3 is 5.32 Å². The third-order valence-electron chi connectivity index (χ3n) is 3.29. The van der Waals surface area contributed by atoms with Crippen LogP contribution in [0.1, 0.15) is 29.8 Å². The normalized spacial score (nSPS) is 20.7. The molecule has 1 fully saturated rings. The molecule has 16 heavy (non-hydrogen) atoms. The first-order valence-corrected chi connectivity index (χ1v) is 6.78. The monoisotopic (exact) mass is 232 g/mol. The molecule has 0 amide bonds. The maximum atomic E-state index is 4.60. The fourth-order valence-corrected chi connectivity index (χ4v) is 3.29. The third kappa shape index (κ3) is 1.74. The topological polar surface area (TPSA) is 24.9 Å². The van der Waals surface area contributed by atoms with Crippen molar-refractivity contribution in [3.63, 3.8) is 0 Å². The molecule has 2 nitrogen and oxygen atoms in total. The zero-order valence-electron chi connectivity index (χ0n) is 9.49. The number of hydrogen-bond acceptors (Lipinski definition) is 3. The van der Waals surface area contributed by atoms with Crippen molar-refractivity contribution in [2.75, 3.05) is 13.1 Å². The van der Waals surface area contributed by atoms with Crippen molar-refractivity contribution in [1.82, 2.24) is 10.3 Å². The summed E-state index contributed by atoms with van der Waals surface area (Å²) >= 11 is 1.84. The highest BCUT2D eigenvalue weighted by Gasteiger charge is 2.17. The van der Waals surface area contributed by atoms with Gasteiger partial charge in [0.15, 0.2) is 0 Å². The average molecular weight is 232 g/mol. The van der Waals surface area contributed by atoms with E-state index in [0.29, 0.717) is 5.92 Å². The van der Waals surface area contributed by atoms with E-state index in [4.69, 9.17) is 0 Å². The Morgan fingerprint density at radius 1 is 1.50 bits per heavy atom. The van der Waals surface area contributed by atoms with Crippen molar-refractivity contribution in [1.29, 1.82) is 0 Å². The van der Waals surface area contributed by atoms with Gasteiger partial charge in [-0.2, -0.15) is 0 Å². The van der Waals surface area contributed by atoms with E-state index in [9.17, 15) is 0 Å². The standard InChI is InChI=1S/C13H16N2S/c1-2-13-15-11-4-3-9(7-12(11)16-13)10-5-6-14-8-10/h3-4,7,10,14H,2,5-6,8H2,1H3. The van der Waals surface area contributed by atoms with Crippen molar-refractivity contribution in [2.45, 2.75) is 25.7 Å². The molecule has 1 aliphatic rings. The lowest BCUT2D eigenvalue weighted by atomic mass is 9.98. The first-order chi connectivity index (χ1) is 7.86. The van der Waals surface area contributed by atoms with Crippen molar-refractivity contribution >= 4 is 21.6 Å². The number of benzene rings is 1. The molecule has 0 bridgehead atoms. The summed E-state index contributed by atoms with van der Waals surface area (Å²) in [5.41, 5.74) is 2.64. The smallest absolute Gasteiger partial charge is 0.0935 e.